The summed E-state index contributed by atoms with van der Waals surface area (Å²) in [4.78, 5) is 11.5. The molecule has 0 radical (unpaired) electrons. The van der Waals surface area contributed by atoms with Gasteiger partial charge in [0.15, 0.2) is 5.58 Å². The Labute approximate surface area is 137 Å². The SMILES string of the molecule is Cc1cc(Br)cc2c(OCCNC(=O)OC(C)(C)C)noc12. The number of amides is 1. The maximum Gasteiger partial charge on any atom is 0.407 e. The van der Waals surface area contributed by atoms with E-state index in [2.05, 4.69) is 26.4 Å². The quantitative estimate of drug-likeness (QED) is 0.828. The molecule has 0 spiro atoms. The molecule has 0 aliphatic rings. The van der Waals surface area contributed by atoms with Crippen molar-refractivity contribution in [1.82, 2.24) is 10.5 Å². The minimum atomic E-state index is -0.517. The van der Waals surface area contributed by atoms with Gasteiger partial charge in [-0.05, 0) is 50.5 Å². The lowest BCUT2D eigenvalue weighted by atomic mass is 10.2. The molecular weight excluding hydrogens is 352 g/mol. The van der Waals surface area contributed by atoms with E-state index in [0.717, 1.165) is 15.4 Å². The number of nitrogens with zero attached hydrogens (tertiary/aromatic N) is 1. The molecule has 0 bridgehead atoms. The number of hydrogen-bond acceptors (Lipinski definition) is 5. The topological polar surface area (TPSA) is 73.6 Å². The minimum Gasteiger partial charge on any atom is -0.473 e. The van der Waals surface area contributed by atoms with Crippen LogP contribution in [0.4, 0.5) is 4.79 Å². The smallest absolute Gasteiger partial charge is 0.407 e. The van der Waals surface area contributed by atoms with Gasteiger partial charge in [-0.2, -0.15) is 0 Å². The summed E-state index contributed by atoms with van der Waals surface area (Å²) in [5.74, 6) is 0.408. The number of rotatable bonds is 4. The highest BCUT2D eigenvalue weighted by Gasteiger charge is 2.16. The number of aromatic nitrogens is 1. The second-order valence-electron chi connectivity index (χ2n) is 5.86. The molecule has 0 fully saturated rings. The normalized spacial score (nSPS) is 11.5. The van der Waals surface area contributed by atoms with E-state index in [1.165, 1.54) is 0 Å². The Kier molecular flexibility index (Phi) is 4.95. The summed E-state index contributed by atoms with van der Waals surface area (Å²) in [6, 6.07) is 3.83. The first-order valence-corrected chi connectivity index (χ1v) is 7.71. The number of ether oxygens (including phenoxy) is 2. The van der Waals surface area contributed by atoms with Crippen LogP contribution in [0.15, 0.2) is 21.1 Å². The van der Waals surface area contributed by atoms with Gasteiger partial charge in [0, 0.05) is 4.47 Å². The molecule has 1 N–H and O–H groups in total. The molecule has 0 saturated heterocycles. The maximum atomic E-state index is 11.5. The van der Waals surface area contributed by atoms with E-state index >= 15 is 0 Å². The Morgan fingerprint density at radius 3 is 2.82 bits per heavy atom. The van der Waals surface area contributed by atoms with Crippen LogP contribution >= 0.6 is 15.9 Å². The third-order valence-electron chi connectivity index (χ3n) is 2.70. The summed E-state index contributed by atoms with van der Waals surface area (Å²) in [5, 5.41) is 7.33. The summed E-state index contributed by atoms with van der Waals surface area (Å²) in [6.45, 7) is 7.95. The third kappa shape index (κ3) is 4.37. The highest BCUT2D eigenvalue weighted by atomic mass is 79.9. The first kappa shape index (κ1) is 16.6. The van der Waals surface area contributed by atoms with Gasteiger partial charge in [0.25, 0.3) is 5.88 Å². The molecule has 2 aromatic rings. The zero-order valence-corrected chi connectivity index (χ0v) is 14.6. The van der Waals surface area contributed by atoms with E-state index in [1.54, 1.807) is 0 Å². The molecule has 1 aromatic carbocycles. The predicted octanol–water partition coefficient (Wildman–Crippen LogP) is 3.80. The minimum absolute atomic E-state index is 0.270. The molecule has 0 aliphatic heterocycles. The number of carbonyl (C=O) groups is 1. The molecule has 0 aliphatic carbocycles. The lowest BCUT2D eigenvalue weighted by molar-refractivity contribution is 0.0520. The molecule has 0 atom stereocenters. The van der Waals surface area contributed by atoms with Crippen molar-refractivity contribution in [3.05, 3.63) is 22.2 Å². The molecular formula is C15H19BrN2O4. The monoisotopic (exact) mass is 370 g/mol. The second-order valence-corrected chi connectivity index (χ2v) is 6.78. The van der Waals surface area contributed by atoms with Gasteiger partial charge in [0.05, 0.1) is 11.9 Å². The van der Waals surface area contributed by atoms with Crippen molar-refractivity contribution in [2.75, 3.05) is 13.2 Å². The number of benzene rings is 1. The third-order valence-corrected chi connectivity index (χ3v) is 3.16. The number of hydrogen-bond donors (Lipinski definition) is 1. The fraction of sp³-hybridized carbons (Fsp3) is 0.467. The second kappa shape index (κ2) is 6.56. The summed E-state index contributed by atoms with van der Waals surface area (Å²) in [7, 11) is 0. The number of carbonyl (C=O) groups excluding carboxylic acids is 1. The van der Waals surface area contributed by atoms with Gasteiger partial charge in [0.1, 0.15) is 12.2 Å². The van der Waals surface area contributed by atoms with Gasteiger partial charge in [0.2, 0.25) is 0 Å². The molecule has 2 rings (SSSR count). The van der Waals surface area contributed by atoms with Crippen molar-refractivity contribution >= 4 is 33.0 Å². The fourth-order valence-electron chi connectivity index (χ4n) is 1.87. The van der Waals surface area contributed by atoms with E-state index < -0.39 is 11.7 Å². The molecule has 22 heavy (non-hydrogen) atoms. The lowest BCUT2D eigenvalue weighted by Gasteiger charge is -2.19. The van der Waals surface area contributed by atoms with E-state index in [4.69, 9.17) is 14.0 Å². The Morgan fingerprint density at radius 1 is 1.41 bits per heavy atom. The Morgan fingerprint density at radius 2 is 2.14 bits per heavy atom. The van der Waals surface area contributed by atoms with Crippen LogP contribution in [0.3, 0.4) is 0 Å². The van der Waals surface area contributed by atoms with Crippen LogP contribution in [0.25, 0.3) is 11.0 Å². The van der Waals surface area contributed by atoms with E-state index in [9.17, 15) is 4.79 Å². The molecule has 1 heterocycles. The molecule has 1 amide bonds. The lowest BCUT2D eigenvalue weighted by Crippen LogP contribution is -2.34. The van der Waals surface area contributed by atoms with Gasteiger partial charge in [-0.15, -0.1) is 0 Å². The number of alkyl carbamates (subject to hydrolysis) is 1. The Balaban J connectivity index is 1.89. The Hall–Kier alpha value is -1.76. The fourth-order valence-corrected chi connectivity index (χ4v) is 2.44. The average Bonchev–Trinajstić information content (AvgIpc) is 2.76. The first-order valence-electron chi connectivity index (χ1n) is 6.91. The highest BCUT2D eigenvalue weighted by molar-refractivity contribution is 9.10. The summed E-state index contributed by atoms with van der Waals surface area (Å²) in [6.07, 6.45) is -0.473. The molecule has 6 nitrogen and oxygen atoms in total. The van der Waals surface area contributed by atoms with Gasteiger partial charge >= 0.3 is 6.09 Å². The highest BCUT2D eigenvalue weighted by Crippen LogP contribution is 2.30. The number of nitrogens with one attached hydrogen (secondary N) is 1. The predicted molar refractivity (Wildman–Crippen MR) is 86.2 cm³/mol. The summed E-state index contributed by atoms with van der Waals surface area (Å²) in [5.41, 5.74) is 1.15. The van der Waals surface area contributed by atoms with Crippen molar-refractivity contribution < 1.29 is 18.8 Å². The van der Waals surface area contributed by atoms with Crippen LogP contribution in [-0.2, 0) is 4.74 Å². The van der Waals surface area contributed by atoms with Crippen molar-refractivity contribution in [3.8, 4) is 5.88 Å². The van der Waals surface area contributed by atoms with Crippen LogP contribution < -0.4 is 10.1 Å². The summed E-state index contributed by atoms with van der Waals surface area (Å²) >= 11 is 3.43. The van der Waals surface area contributed by atoms with Gasteiger partial charge in [-0.25, -0.2) is 4.79 Å². The van der Waals surface area contributed by atoms with E-state index in [0.29, 0.717) is 18.0 Å². The van der Waals surface area contributed by atoms with Crippen LogP contribution in [0, 0.1) is 6.92 Å². The van der Waals surface area contributed by atoms with Crippen LogP contribution in [-0.4, -0.2) is 30.0 Å². The van der Waals surface area contributed by atoms with Crippen molar-refractivity contribution in [1.29, 1.82) is 0 Å². The van der Waals surface area contributed by atoms with E-state index in [1.807, 2.05) is 39.8 Å². The zero-order valence-electron chi connectivity index (χ0n) is 13.0. The molecule has 1 aromatic heterocycles. The van der Waals surface area contributed by atoms with E-state index in [-0.39, 0.29) is 6.61 Å². The summed E-state index contributed by atoms with van der Waals surface area (Å²) < 4.78 is 16.9. The first-order chi connectivity index (χ1) is 10.3. The van der Waals surface area contributed by atoms with Crippen molar-refractivity contribution in [2.45, 2.75) is 33.3 Å². The average molecular weight is 371 g/mol. The standard InChI is InChI=1S/C15H19BrN2O4/c1-9-7-10(16)8-11-12(9)22-18-13(11)20-6-5-17-14(19)21-15(2,3)4/h7-8H,5-6H2,1-4H3,(H,17,19). The van der Waals surface area contributed by atoms with Gasteiger partial charge < -0.3 is 19.3 Å². The molecule has 0 saturated carbocycles. The van der Waals surface area contributed by atoms with Gasteiger partial charge in [-0.3, -0.25) is 0 Å². The van der Waals surface area contributed by atoms with Crippen molar-refractivity contribution in [2.24, 2.45) is 0 Å². The molecule has 0 unspecified atom stereocenters. The van der Waals surface area contributed by atoms with Crippen LogP contribution in [0.5, 0.6) is 5.88 Å². The number of fused-ring (bicyclic) bond motifs is 1. The van der Waals surface area contributed by atoms with Crippen LogP contribution in [0.1, 0.15) is 26.3 Å². The largest absolute Gasteiger partial charge is 0.473 e. The zero-order chi connectivity index (χ0) is 16.3. The van der Waals surface area contributed by atoms with Gasteiger partial charge in [-0.1, -0.05) is 15.9 Å². The number of aryl methyl sites for hydroxylation is 1. The maximum absolute atomic E-state index is 11.5. The van der Waals surface area contributed by atoms with Crippen LogP contribution in [0.2, 0.25) is 0 Å². The molecule has 120 valence electrons. The Bertz CT molecular complexity index is 676. The molecule has 7 heteroatoms. The number of halogens is 1. The van der Waals surface area contributed by atoms with Crippen molar-refractivity contribution in [3.63, 3.8) is 0 Å².